The van der Waals surface area contributed by atoms with E-state index in [1.807, 2.05) is 6.92 Å². The first kappa shape index (κ1) is 9.33. The summed E-state index contributed by atoms with van der Waals surface area (Å²) in [6, 6.07) is 2.13. The molecule has 1 heterocycles. The molecule has 1 aromatic carbocycles. The molecule has 0 amide bonds. The number of anilines is 1. The van der Waals surface area contributed by atoms with Gasteiger partial charge in [-0.1, -0.05) is 11.3 Å². The molecule has 0 aliphatic heterocycles. The van der Waals surface area contributed by atoms with E-state index >= 15 is 0 Å². The highest BCUT2D eigenvalue weighted by molar-refractivity contribution is 7.22. The average Bonchev–Trinajstić information content (AvgIpc) is 2.48. The molecular weight excluding hydrogens is 206 g/mol. The number of halogens is 2. The maximum Gasteiger partial charge on any atom is 0.183 e. The van der Waals surface area contributed by atoms with E-state index in [0.29, 0.717) is 16.4 Å². The number of aromatic nitrogens is 1. The van der Waals surface area contributed by atoms with Gasteiger partial charge in [-0.3, -0.25) is 0 Å². The van der Waals surface area contributed by atoms with E-state index in [1.54, 1.807) is 0 Å². The number of nitrogens with one attached hydrogen (secondary N) is 1. The monoisotopic (exact) mass is 214 g/mol. The van der Waals surface area contributed by atoms with Crippen LogP contribution < -0.4 is 5.32 Å². The third-order valence-electron chi connectivity index (χ3n) is 1.74. The molecule has 0 atom stereocenters. The molecule has 0 aliphatic rings. The van der Waals surface area contributed by atoms with E-state index in [-0.39, 0.29) is 5.52 Å². The smallest absolute Gasteiger partial charge is 0.183 e. The van der Waals surface area contributed by atoms with Crippen LogP contribution in [0.4, 0.5) is 13.9 Å². The van der Waals surface area contributed by atoms with Crippen molar-refractivity contribution in [3.63, 3.8) is 0 Å². The zero-order valence-corrected chi connectivity index (χ0v) is 8.29. The van der Waals surface area contributed by atoms with Crippen LogP contribution >= 0.6 is 11.3 Å². The van der Waals surface area contributed by atoms with E-state index in [4.69, 9.17) is 0 Å². The van der Waals surface area contributed by atoms with Crippen LogP contribution in [0, 0.1) is 11.6 Å². The Morgan fingerprint density at radius 1 is 1.43 bits per heavy atom. The number of fused-ring (bicyclic) bond motifs is 1. The molecule has 2 aromatic rings. The van der Waals surface area contributed by atoms with Crippen LogP contribution in [0.5, 0.6) is 0 Å². The minimum absolute atomic E-state index is 0.229. The summed E-state index contributed by atoms with van der Waals surface area (Å²) < 4.78 is 26.5. The largest absolute Gasteiger partial charge is 0.362 e. The first-order valence-corrected chi connectivity index (χ1v) is 5.02. The second-order valence-corrected chi connectivity index (χ2v) is 3.81. The van der Waals surface area contributed by atoms with Crippen LogP contribution in [0.3, 0.4) is 0 Å². The Morgan fingerprint density at radius 2 is 2.21 bits per heavy atom. The van der Waals surface area contributed by atoms with Crippen molar-refractivity contribution in [3.8, 4) is 0 Å². The van der Waals surface area contributed by atoms with Crippen molar-refractivity contribution in [2.45, 2.75) is 6.92 Å². The summed E-state index contributed by atoms with van der Waals surface area (Å²) >= 11 is 1.25. The van der Waals surface area contributed by atoms with E-state index in [1.165, 1.54) is 17.4 Å². The third kappa shape index (κ3) is 1.55. The van der Waals surface area contributed by atoms with Crippen LogP contribution in [0.1, 0.15) is 6.92 Å². The highest BCUT2D eigenvalue weighted by atomic mass is 32.1. The molecule has 0 radical (unpaired) electrons. The van der Waals surface area contributed by atoms with Gasteiger partial charge in [-0.2, -0.15) is 0 Å². The van der Waals surface area contributed by atoms with Crippen LogP contribution in [0.15, 0.2) is 12.1 Å². The summed E-state index contributed by atoms with van der Waals surface area (Å²) in [5, 5.41) is 3.58. The Balaban J connectivity index is 2.58. The van der Waals surface area contributed by atoms with Gasteiger partial charge in [0.25, 0.3) is 0 Å². The fourth-order valence-corrected chi connectivity index (χ4v) is 2.16. The quantitative estimate of drug-likeness (QED) is 0.831. The van der Waals surface area contributed by atoms with Gasteiger partial charge in [0.15, 0.2) is 10.9 Å². The molecule has 5 heteroatoms. The zero-order chi connectivity index (χ0) is 10.1. The van der Waals surface area contributed by atoms with E-state index in [2.05, 4.69) is 10.3 Å². The number of rotatable bonds is 2. The summed E-state index contributed by atoms with van der Waals surface area (Å²) in [5.41, 5.74) is 0.229. The lowest BCUT2D eigenvalue weighted by Gasteiger charge is -1.92. The van der Waals surface area contributed by atoms with E-state index < -0.39 is 11.6 Å². The van der Waals surface area contributed by atoms with Gasteiger partial charge in [0.05, 0.1) is 4.70 Å². The van der Waals surface area contributed by atoms with Crippen LogP contribution in [0.25, 0.3) is 10.2 Å². The standard InChI is InChI=1S/C9H8F2N2S/c1-2-12-9-13-8-6(11)3-5(10)4-7(8)14-9/h3-4H,2H2,1H3,(H,12,13). The van der Waals surface area contributed by atoms with Crippen molar-refractivity contribution in [2.75, 3.05) is 11.9 Å². The molecule has 0 saturated heterocycles. The lowest BCUT2D eigenvalue weighted by molar-refractivity contribution is 0.591. The van der Waals surface area contributed by atoms with Gasteiger partial charge in [-0.15, -0.1) is 0 Å². The van der Waals surface area contributed by atoms with Crippen molar-refractivity contribution in [3.05, 3.63) is 23.8 Å². The van der Waals surface area contributed by atoms with Gasteiger partial charge in [0, 0.05) is 12.6 Å². The van der Waals surface area contributed by atoms with Gasteiger partial charge >= 0.3 is 0 Å². The topological polar surface area (TPSA) is 24.9 Å². The molecule has 14 heavy (non-hydrogen) atoms. The normalized spacial score (nSPS) is 10.8. The second-order valence-electron chi connectivity index (χ2n) is 2.78. The van der Waals surface area contributed by atoms with Gasteiger partial charge < -0.3 is 5.32 Å². The van der Waals surface area contributed by atoms with E-state index in [9.17, 15) is 8.78 Å². The minimum atomic E-state index is -0.611. The van der Waals surface area contributed by atoms with Crippen molar-refractivity contribution < 1.29 is 8.78 Å². The summed E-state index contributed by atoms with van der Waals surface area (Å²) in [7, 11) is 0. The van der Waals surface area contributed by atoms with Crippen molar-refractivity contribution in [1.82, 2.24) is 4.98 Å². The molecule has 0 saturated carbocycles. The Morgan fingerprint density at radius 3 is 2.93 bits per heavy atom. The molecule has 0 unspecified atom stereocenters. The SMILES string of the molecule is CCNc1nc2c(F)cc(F)cc2s1. The lowest BCUT2D eigenvalue weighted by atomic mass is 10.3. The molecule has 0 fully saturated rings. The van der Waals surface area contributed by atoms with Crippen molar-refractivity contribution >= 4 is 26.7 Å². The maximum absolute atomic E-state index is 13.2. The predicted molar refractivity (Wildman–Crippen MR) is 53.7 cm³/mol. The first-order chi connectivity index (χ1) is 6.70. The number of nitrogens with zero attached hydrogens (tertiary/aromatic N) is 1. The molecule has 1 N–H and O–H groups in total. The molecule has 0 aliphatic carbocycles. The molecular formula is C9H8F2N2S. The molecule has 0 spiro atoms. The maximum atomic E-state index is 13.2. The summed E-state index contributed by atoms with van der Waals surface area (Å²) in [6.45, 7) is 2.63. The van der Waals surface area contributed by atoms with Gasteiger partial charge in [-0.25, -0.2) is 13.8 Å². The number of thiazole rings is 1. The Kier molecular flexibility index (Phi) is 2.33. The second kappa shape index (κ2) is 3.49. The Hall–Kier alpha value is -1.23. The highest BCUT2D eigenvalue weighted by Gasteiger charge is 2.09. The average molecular weight is 214 g/mol. The number of hydrogen-bond donors (Lipinski definition) is 1. The summed E-state index contributed by atoms with van der Waals surface area (Å²) in [5.74, 6) is -1.18. The van der Waals surface area contributed by atoms with Crippen molar-refractivity contribution in [2.24, 2.45) is 0 Å². The summed E-state index contributed by atoms with van der Waals surface area (Å²) in [6.07, 6.45) is 0. The Bertz CT molecular complexity index is 467. The molecule has 74 valence electrons. The van der Waals surface area contributed by atoms with Gasteiger partial charge in [-0.05, 0) is 13.0 Å². The molecule has 2 rings (SSSR count). The number of benzene rings is 1. The first-order valence-electron chi connectivity index (χ1n) is 4.20. The third-order valence-corrected chi connectivity index (χ3v) is 2.70. The molecule has 2 nitrogen and oxygen atoms in total. The molecule has 0 bridgehead atoms. The number of hydrogen-bond acceptors (Lipinski definition) is 3. The summed E-state index contributed by atoms with van der Waals surface area (Å²) in [4.78, 5) is 4.01. The van der Waals surface area contributed by atoms with Gasteiger partial charge in [0.1, 0.15) is 11.3 Å². The van der Waals surface area contributed by atoms with Crippen molar-refractivity contribution in [1.29, 1.82) is 0 Å². The minimum Gasteiger partial charge on any atom is -0.362 e. The highest BCUT2D eigenvalue weighted by Crippen LogP contribution is 2.28. The van der Waals surface area contributed by atoms with E-state index in [0.717, 1.165) is 6.07 Å². The Labute approximate surface area is 83.6 Å². The fourth-order valence-electron chi connectivity index (χ4n) is 1.18. The van der Waals surface area contributed by atoms with Crippen LogP contribution in [-0.2, 0) is 0 Å². The fraction of sp³-hybridized carbons (Fsp3) is 0.222. The lowest BCUT2D eigenvalue weighted by Crippen LogP contribution is -1.94. The van der Waals surface area contributed by atoms with Gasteiger partial charge in [0.2, 0.25) is 0 Å². The zero-order valence-electron chi connectivity index (χ0n) is 7.47. The molecule has 1 aromatic heterocycles. The van der Waals surface area contributed by atoms with Crippen LogP contribution in [-0.4, -0.2) is 11.5 Å². The predicted octanol–water partition coefficient (Wildman–Crippen LogP) is 3.01. The van der Waals surface area contributed by atoms with Crippen LogP contribution in [0.2, 0.25) is 0 Å².